The fourth-order valence-electron chi connectivity index (χ4n) is 0.442. The minimum absolute atomic E-state index is 0.273. The van der Waals surface area contributed by atoms with Gasteiger partial charge in [-0.3, -0.25) is 9.59 Å². The minimum Gasteiger partial charge on any atom is -0.543 e. The Morgan fingerprint density at radius 3 is 2.00 bits per heavy atom. The maximum Gasteiger partial charge on any atom is 0.378 e. The molecule has 0 amide bonds. The number of hydrogen-bond acceptors (Lipinski definition) is 5. The molecule has 0 bridgehead atoms. The van der Waals surface area contributed by atoms with E-state index in [4.69, 9.17) is 0 Å². The lowest BCUT2D eigenvalue weighted by atomic mass is 10.2. The fraction of sp³-hybridized carbons (Fsp3) is 0.400. The second-order valence-corrected chi connectivity index (χ2v) is 1.82. The van der Waals surface area contributed by atoms with E-state index in [1.165, 1.54) is 0 Å². The molecule has 12 heavy (non-hydrogen) atoms. The molecule has 0 fully saturated rings. The number of rotatable bonds is 4. The van der Waals surface area contributed by atoms with Crippen LogP contribution in [0.1, 0.15) is 12.8 Å². The third-order valence-corrected chi connectivity index (χ3v) is 1.02. The van der Waals surface area contributed by atoms with E-state index in [0.29, 0.717) is 0 Å². The molecule has 0 saturated heterocycles. The standard InChI is InChI=1S/C5H4B2O5/c6-11-4(9)2-1-3(8)5(10)12-7/h1-2H2. The van der Waals surface area contributed by atoms with E-state index >= 15 is 0 Å². The van der Waals surface area contributed by atoms with Crippen LogP contribution in [0.3, 0.4) is 0 Å². The number of ketones is 1. The predicted molar refractivity (Wildman–Crippen MR) is 37.9 cm³/mol. The Morgan fingerprint density at radius 2 is 1.58 bits per heavy atom. The van der Waals surface area contributed by atoms with Crippen LogP contribution in [0.25, 0.3) is 0 Å². The van der Waals surface area contributed by atoms with Gasteiger partial charge in [0.15, 0.2) is 0 Å². The van der Waals surface area contributed by atoms with Crippen molar-refractivity contribution in [2.75, 3.05) is 0 Å². The van der Waals surface area contributed by atoms with E-state index < -0.39 is 17.7 Å². The van der Waals surface area contributed by atoms with Crippen LogP contribution in [0.15, 0.2) is 0 Å². The highest BCUT2D eigenvalue weighted by molar-refractivity contribution is 6.37. The van der Waals surface area contributed by atoms with Crippen LogP contribution in [-0.4, -0.2) is 33.8 Å². The molecule has 0 N–H and O–H groups in total. The summed E-state index contributed by atoms with van der Waals surface area (Å²) in [6, 6.07) is 0. The highest BCUT2D eigenvalue weighted by Gasteiger charge is 2.14. The van der Waals surface area contributed by atoms with Crippen molar-refractivity contribution in [3.8, 4) is 0 Å². The Labute approximate surface area is 71.3 Å². The average molecular weight is 166 g/mol. The zero-order valence-electron chi connectivity index (χ0n) is 6.11. The van der Waals surface area contributed by atoms with Crippen LogP contribution in [0.5, 0.6) is 0 Å². The van der Waals surface area contributed by atoms with Crippen molar-refractivity contribution in [1.82, 2.24) is 0 Å². The first-order valence-electron chi connectivity index (χ1n) is 2.95. The van der Waals surface area contributed by atoms with Gasteiger partial charge in [0.1, 0.15) is 0 Å². The second kappa shape index (κ2) is 5.40. The maximum absolute atomic E-state index is 10.6. The molecule has 0 saturated carbocycles. The molecular formula is C5H4B2O5. The van der Waals surface area contributed by atoms with Gasteiger partial charge < -0.3 is 9.31 Å². The summed E-state index contributed by atoms with van der Waals surface area (Å²) in [5.41, 5.74) is 0. The maximum atomic E-state index is 10.6. The Bertz CT molecular complexity index is 202. The Balaban J connectivity index is 3.72. The minimum atomic E-state index is -1.19. The molecule has 4 radical (unpaired) electrons. The summed E-state index contributed by atoms with van der Waals surface area (Å²) >= 11 is 0. The highest BCUT2D eigenvalue weighted by Crippen LogP contribution is 1.94. The monoisotopic (exact) mass is 166 g/mol. The molecule has 5 nitrogen and oxygen atoms in total. The zero-order chi connectivity index (χ0) is 9.56. The van der Waals surface area contributed by atoms with Crippen molar-refractivity contribution < 1.29 is 23.7 Å². The summed E-state index contributed by atoms with van der Waals surface area (Å²) in [6.45, 7) is 0. The molecule has 0 aliphatic heterocycles. The van der Waals surface area contributed by atoms with Crippen molar-refractivity contribution in [3.05, 3.63) is 0 Å². The van der Waals surface area contributed by atoms with E-state index in [1.54, 1.807) is 0 Å². The Kier molecular flexibility index (Phi) is 4.83. The molecule has 7 heteroatoms. The predicted octanol–water partition coefficient (Wildman–Crippen LogP) is -1.41. The van der Waals surface area contributed by atoms with Gasteiger partial charge in [0, 0.05) is 6.42 Å². The molecule has 0 heterocycles. The van der Waals surface area contributed by atoms with Crippen LogP contribution in [-0.2, 0) is 23.7 Å². The van der Waals surface area contributed by atoms with Crippen LogP contribution in [0.4, 0.5) is 0 Å². The normalized spacial score (nSPS) is 8.67. The van der Waals surface area contributed by atoms with Crippen molar-refractivity contribution >= 4 is 33.8 Å². The molecule has 0 aromatic carbocycles. The first-order valence-corrected chi connectivity index (χ1v) is 2.95. The number of Topliss-reactive ketones (excluding diaryl/α,β-unsaturated/α-hetero) is 1. The van der Waals surface area contributed by atoms with Gasteiger partial charge in [-0.1, -0.05) is 0 Å². The second-order valence-electron chi connectivity index (χ2n) is 1.82. The lowest BCUT2D eigenvalue weighted by molar-refractivity contribution is -0.147. The quantitative estimate of drug-likeness (QED) is 0.378. The van der Waals surface area contributed by atoms with Crippen LogP contribution in [0, 0.1) is 0 Å². The van der Waals surface area contributed by atoms with Crippen molar-refractivity contribution in [1.29, 1.82) is 0 Å². The van der Waals surface area contributed by atoms with Crippen molar-refractivity contribution in [2.45, 2.75) is 12.8 Å². The SMILES string of the molecule is [B]OC(=O)CCC(=O)C(=O)O[B]. The smallest absolute Gasteiger partial charge is 0.378 e. The third-order valence-electron chi connectivity index (χ3n) is 1.02. The highest BCUT2D eigenvalue weighted by atomic mass is 16.5. The lowest BCUT2D eigenvalue weighted by Crippen LogP contribution is -2.17. The van der Waals surface area contributed by atoms with E-state index in [0.717, 1.165) is 0 Å². The Morgan fingerprint density at radius 1 is 1.00 bits per heavy atom. The van der Waals surface area contributed by atoms with Crippen LogP contribution in [0.2, 0.25) is 0 Å². The third kappa shape index (κ3) is 3.80. The largest absolute Gasteiger partial charge is 0.543 e. The lowest BCUT2D eigenvalue weighted by Gasteiger charge is -1.98. The van der Waals surface area contributed by atoms with Gasteiger partial charge in [-0.15, -0.1) is 0 Å². The Hall–Kier alpha value is -1.26. The van der Waals surface area contributed by atoms with Crippen molar-refractivity contribution in [3.63, 3.8) is 0 Å². The molecule has 60 valence electrons. The summed E-state index contributed by atoms with van der Waals surface area (Å²) < 4.78 is 7.35. The van der Waals surface area contributed by atoms with Gasteiger partial charge in [-0.2, -0.15) is 0 Å². The van der Waals surface area contributed by atoms with Gasteiger partial charge in [-0.05, 0) is 0 Å². The van der Waals surface area contributed by atoms with Crippen LogP contribution >= 0.6 is 0 Å². The van der Waals surface area contributed by atoms with Gasteiger partial charge >= 0.3 is 22.1 Å². The molecule has 0 aliphatic rings. The fourth-order valence-corrected chi connectivity index (χ4v) is 0.442. The van der Waals surface area contributed by atoms with E-state index in [-0.39, 0.29) is 12.8 Å². The van der Waals surface area contributed by atoms with E-state index in [1.807, 2.05) is 0 Å². The van der Waals surface area contributed by atoms with Gasteiger partial charge in [0.05, 0.1) is 6.42 Å². The summed E-state index contributed by atoms with van der Waals surface area (Å²) in [5, 5.41) is 0. The first kappa shape index (κ1) is 10.7. The first-order chi connectivity index (χ1) is 5.61. The number of carbonyl (C=O) groups is 3. The van der Waals surface area contributed by atoms with Gasteiger partial charge in [0.25, 0.3) is 5.97 Å². The molecule has 0 aromatic rings. The molecule has 0 aromatic heterocycles. The van der Waals surface area contributed by atoms with E-state index in [2.05, 4.69) is 25.4 Å². The van der Waals surface area contributed by atoms with Gasteiger partial charge in [-0.25, -0.2) is 4.79 Å². The van der Waals surface area contributed by atoms with Crippen LogP contribution < -0.4 is 0 Å². The molecular weight excluding hydrogens is 162 g/mol. The molecule has 0 spiro atoms. The topological polar surface area (TPSA) is 69.7 Å². The van der Waals surface area contributed by atoms with E-state index in [9.17, 15) is 14.4 Å². The summed E-state index contributed by atoms with van der Waals surface area (Å²) in [5.74, 6) is -2.88. The molecule has 0 aliphatic carbocycles. The number of hydrogen-bond donors (Lipinski definition) is 0. The molecule has 0 atom stereocenters. The van der Waals surface area contributed by atoms with Gasteiger partial charge in [0.2, 0.25) is 5.78 Å². The molecule has 0 unspecified atom stereocenters. The van der Waals surface area contributed by atoms with Crippen molar-refractivity contribution in [2.24, 2.45) is 0 Å². The summed E-state index contributed by atoms with van der Waals surface area (Å²) in [6.07, 6.45) is -0.601. The average Bonchev–Trinajstić information content (AvgIpc) is 2.11. The zero-order valence-corrected chi connectivity index (χ0v) is 6.11. The molecule has 0 rings (SSSR count). The summed E-state index contributed by atoms with van der Waals surface area (Å²) in [7, 11) is 8.87. The summed E-state index contributed by atoms with van der Waals surface area (Å²) in [4.78, 5) is 31.3. The number of carbonyl (C=O) groups excluding carboxylic acids is 3.